The molecule has 0 bridgehead atoms. The van der Waals surface area contributed by atoms with Crippen LogP contribution in [0.15, 0.2) is 47.4 Å². The van der Waals surface area contributed by atoms with Crippen LogP contribution in [0.25, 0.3) is 0 Å². The first-order valence-corrected chi connectivity index (χ1v) is 11.7. The molecule has 2 N–H and O–H groups in total. The van der Waals surface area contributed by atoms with E-state index >= 15 is 0 Å². The fourth-order valence-electron chi connectivity index (χ4n) is 3.08. The number of ether oxygens (including phenoxy) is 2. The second kappa shape index (κ2) is 10.7. The number of hydrogen-bond acceptors (Lipinski definition) is 5. The maximum Gasteiger partial charge on any atom is 0.387 e. The van der Waals surface area contributed by atoms with E-state index in [1.807, 2.05) is 0 Å². The minimum atomic E-state index is -3.49. The number of benzene rings is 2. The van der Waals surface area contributed by atoms with Gasteiger partial charge in [-0.1, -0.05) is 18.2 Å². The molecule has 0 unspecified atom stereocenters. The summed E-state index contributed by atoms with van der Waals surface area (Å²) < 4.78 is 61.5. The largest absolute Gasteiger partial charge is 0.493 e. The summed E-state index contributed by atoms with van der Waals surface area (Å²) in [6, 6.07) is 11.3. The number of carbonyl (C=O) groups is 1. The smallest absolute Gasteiger partial charge is 0.387 e. The van der Waals surface area contributed by atoms with Crippen LogP contribution in [0.1, 0.15) is 30.4 Å². The van der Waals surface area contributed by atoms with Gasteiger partial charge in [0.05, 0.1) is 12.0 Å². The minimum Gasteiger partial charge on any atom is -0.493 e. The van der Waals surface area contributed by atoms with Crippen LogP contribution in [0.5, 0.6) is 11.5 Å². The Balaban J connectivity index is 1.43. The zero-order valence-electron chi connectivity index (χ0n) is 17.6. The highest BCUT2D eigenvalue weighted by atomic mass is 32.2. The molecule has 7 nitrogen and oxygen atoms in total. The second-order valence-electron chi connectivity index (χ2n) is 7.50. The van der Waals surface area contributed by atoms with Gasteiger partial charge in [-0.15, -0.1) is 0 Å². The average Bonchev–Trinajstić information content (AvgIpc) is 3.56. The highest BCUT2D eigenvalue weighted by Crippen LogP contribution is 2.29. The quantitative estimate of drug-likeness (QED) is 0.500. The second-order valence-corrected chi connectivity index (χ2v) is 9.22. The maximum atomic E-state index is 12.5. The van der Waals surface area contributed by atoms with Crippen LogP contribution in [-0.2, 0) is 27.7 Å². The molecular weight excluding hydrogens is 442 g/mol. The Morgan fingerprint density at radius 2 is 1.75 bits per heavy atom. The summed E-state index contributed by atoms with van der Waals surface area (Å²) in [7, 11) is -2.12. The van der Waals surface area contributed by atoms with E-state index < -0.39 is 16.6 Å². The zero-order chi connectivity index (χ0) is 23.1. The summed E-state index contributed by atoms with van der Waals surface area (Å²) in [4.78, 5) is 12.3. The van der Waals surface area contributed by atoms with E-state index in [1.165, 1.54) is 13.2 Å². The molecule has 1 saturated carbocycles. The van der Waals surface area contributed by atoms with Crippen molar-refractivity contribution in [2.45, 2.75) is 49.7 Å². The van der Waals surface area contributed by atoms with Crippen molar-refractivity contribution in [2.24, 2.45) is 0 Å². The molecule has 1 fully saturated rings. The van der Waals surface area contributed by atoms with Crippen LogP contribution in [0.2, 0.25) is 0 Å². The number of halogens is 2. The van der Waals surface area contributed by atoms with Gasteiger partial charge in [0, 0.05) is 19.0 Å². The Kier molecular flexibility index (Phi) is 8.03. The normalized spacial score (nSPS) is 13.8. The van der Waals surface area contributed by atoms with Crippen LogP contribution in [0, 0.1) is 0 Å². The number of rotatable bonds is 12. The Morgan fingerprint density at radius 3 is 2.38 bits per heavy atom. The Bertz CT molecular complexity index is 1030. The third-order valence-corrected chi connectivity index (χ3v) is 6.49. The standard InChI is InChI=1S/C22H26F2N2O5S/c1-30-19-10-4-16(14-20(19)31-22(23)24)12-13-25-21(27)11-5-15-2-8-18(9-3-15)32(28,29)26-17-6-7-17/h2-4,8-10,14,17,22,26H,5-7,11-13H2,1H3,(H,25,27). The van der Waals surface area contributed by atoms with E-state index in [2.05, 4.69) is 14.8 Å². The summed E-state index contributed by atoms with van der Waals surface area (Å²) >= 11 is 0. The number of sulfonamides is 1. The molecule has 2 aromatic rings. The van der Waals surface area contributed by atoms with Gasteiger partial charge < -0.3 is 14.8 Å². The molecule has 3 rings (SSSR count). The van der Waals surface area contributed by atoms with Crippen molar-refractivity contribution in [3.63, 3.8) is 0 Å². The van der Waals surface area contributed by atoms with Crippen LogP contribution in [0.4, 0.5) is 8.78 Å². The Labute approximate surface area is 186 Å². The van der Waals surface area contributed by atoms with Crippen molar-refractivity contribution in [1.82, 2.24) is 10.0 Å². The predicted octanol–water partition coefficient (Wildman–Crippen LogP) is 3.03. The summed E-state index contributed by atoms with van der Waals surface area (Å²) in [5.41, 5.74) is 1.58. The molecule has 0 atom stereocenters. The third-order valence-electron chi connectivity index (χ3n) is 4.95. The van der Waals surface area contributed by atoms with E-state index in [1.54, 1.807) is 36.4 Å². The molecule has 32 heavy (non-hydrogen) atoms. The number of hydrogen-bond donors (Lipinski definition) is 2. The van der Waals surface area contributed by atoms with Gasteiger partial charge in [0.25, 0.3) is 0 Å². The van der Waals surface area contributed by atoms with Gasteiger partial charge in [-0.2, -0.15) is 8.78 Å². The molecule has 10 heteroatoms. The van der Waals surface area contributed by atoms with E-state index in [0.29, 0.717) is 19.4 Å². The maximum absolute atomic E-state index is 12.5. The first kappa shape index (κ1) is 23.9. The molecule has 1 amide bonds. The number of nitrogens with one attached hydrogen (secondary N) is 2. The minimum absolute atomic E-state index is 0.0460. The molecule has 0 spiro atoms. The van der Waals surface area contributed by atoms with E-state index in [9.17, 15) is 22.0 Å². The molecule has 0 aliphatic heterocycles. The third kappa shape index (κ3) is 7.16. The lowest BCUT2D eigenvalue weighted by Gasteiger charge is -2.12. The fourth-order valence-corrected chi connectivity index (χ4v) is 4.39. The van der Waals surface area contributed by atoms with Gasteiger partial charge in [0.2, 0.25) is 15.9 Å². The molecule has 1 aliphatic rings. The molecule has 0 heterocycles. The van der Waals surface area contributed by atoms with Crippen LogP contribution in [0.3, 0.4) is 0 Å². The van der Waals surface area contributed by atoms with E-state index in [4.69, 9.17) is 4.74 Å². The van der Waals surface area contributed by atoms with Gasteiger partial charge in [-0.25, -0.2) is 13.1 Å². The number of amides is 1. The number of methoxy groups -OCH3 is 1. The van der Waals surface area contributed by atoms with Crippen LogP contribution >= 0.6 is 0 Å². The number of aryl methyl sites for hydroxylation is 1. The lowest BCUT2D eigenvalue weighted by molar-refractivity contribution is -0.121. The van der Waals surface area contributed by atoms with Crippen molar-refractivity contribution in [3.05, 3.63) is 53.6 Å². The molecule has 2 aromatic carbocycles. The molecule has 174 valence electrons. The lowest BCUT2D eigenvalue weighted by Crippen LogP contribution is -2.26. The Hall–Kier alpha value is -2.72. The monoisotopic (exact) mass is 468 g/mol. The average molecular weight is 469 g/mol. The van der Waals surface area contributed by atoms with Gasteiger partial charge in [-0.05, 0) is 61.1 Å². The first-order valence-electron chi connectivity index (χ1n) is 10.3. The lowest BCUT2D eigenvalue weighted by atomic mass is 10.1. The highest BCUT2D eigenvalue weighted by Gasteiger charge is 2.27. The number of carbonyl (C=O) groups excluding carboxylic acids is 1. The fraction of sp³-hybridized carbons (Fsp3) is 0.409. The summed E-state index contributed by atoms with van der Waals surface area (Å²) in [6.07, 6.45) is 2.90. The van der Waals surface area contributed by atoms with Gasteiger partial charge >= 0.3 is 6.61 Å². The SMILES string of the molecule is COc1ccc(CCNC(=O)CCc2ccc(S(=O)(=O)NC3CC3)cc2)cc1OC(F)F. The van der Waals surface area contributed by atoms with Gasteiger partial charge in [0.15, 0.2) is 11.5 Å². The Morgan fingerprint density at radius 1 is 1.06 bits per heavy atom. The van der Waals surface area contributed by atoms with Crippen molar-refractivity contribution in [3.8, 4) is 11.5 Å². The summed E-state index contributed by atoms with van der Waals surface area (Å²) in [6.45, 7) is -2.62. The van der Waals surface area contributed by atoms with Crippen LogP contribution < -0.4 is 19.5 Å². The topological polar surface area (TPSA) is 93.7 Å². The van der Waals surface area contributed by atoms with E-state index in [0.717, 1.165) is 24.0 Å². The van der Waals surface area contributed by atoms with Gasteiger partial charge in [0.1, 0.15) is 0 Å². The molecular formula is C22H26F2N2O5S. The van der Waals surface area contributed by atoms with Crippen molar-refractivity contribution >= 4 is 15.9 Å². The molecule has 0 radical (unpaired) electrons. The van der Waals surface area contributed by atoms with E-state index in [-0.39, 0.29) is 34.8 Å². The zero-order valence-corrected chi connectivity index (χ0v) is 18.5. The summed E-state index contributed by atoms with van der Waals surface area (Å²) in [5, 5.41) is 2.79. The predicted molar refractivity (Wildman–Crippen MR) is 114 cm³/mol. The van der Waals surface area contributed by atoms with Crippen molar-refractivity contribution in [2.75, 3.05) is 13.7 Å². The number of alkyl halides is 2. The highest BCUT2D eigenvalue weighted by molar-refractivity contribution is 7.89. The van der Waals surface area contributed by atoms with Crippen LogP contribution in [-0.4, -0.2) is 40.6 Å². The van der Waals surface area contributed by atoms with Crippen molar-refractivity contribution in [1.29, 1.82) is 0 Å². The molecule has 0 aromatic heterocycles. The molecule has 0 saturated heterocycles. The summed E-state index contributed by atoms with van der Waals surface area (Å²) in [5.74, 6) is -0.000919. The molecule has 1 aliphatic carbocycles. The van der Waals surface area contributed by atoms with Crippen molar-refractivity contribution < 1.29 is 31.5 Å². The first-order chi connectivity index (χ1) is 15.3. The van der Waals surface area contributed by atoms with Gasteiger partial charge in [-0.3, -0.25) is 4.79 Å².